The summed E-state index contributed by atoms with van der Waals surface area (Å²) in [7, 11) is 0. The summed E-state index contributed by atoms with van der Waals surface area (Å²) in [5.41, 5.74) is 17.6. The van der Waals surface area contributed by atoms with E-state index in [1.165, 1.54) is 6.08 Å². The molecule has 0 spiro atoms. The molecule has 0 atom stereocenters. The van der Waals surface area contributed by atoms with E-state index < -0.39 is 5.91 Å². The Bertz CT molecular complexity index is 1490. The van der Waals surface area contributed by atoms with Gasteiger partial charge in [-0.3, -0.25) is 9.59 Å². The molecule has 2 aromatic carbocycles. The number of fused-ring (bicyclic) bond motifs is 1. The van der Waals surface area contributed by atoms with Crippen molar-refractivity contribution in [2.75, 3.05) is 36.5 Å². The van der Waals surface area contributed by atoms with E-state index >= 15 is 0 Å². The first-order valence-electron chi connectivity index (χ1n) is 12.0. The summed E-state index contributed by atoms with van der Waals surface area (Å²) in [6.45, 7) is 6.71. The van der Waals surface area contributed by atoms with Gasteiger partial charge in [0.1, 0.15) is 5.82 Å². The van der Waals surface area contributed by atoms with E-state index in [9.17, 15) is 9.59 Å². The molecule has 0 bridgehead atoms. The third kappa shape index (κ3) is 4.69. The van der Waals surface area contributed by atoms with Gasteiger partial charge in [-0.05, 0) is 53.1 Å². The molecule has 9 nitrogen and oxygen atoms in total. The number of nitrogens with zero attached hydrogens (tertiary/aromatic N) is 2. The fourth-order valence-electron chi connectivity index (χ4n) is 4.70. The van der Waals surface area contributed by atoms with E-state index in [1.807, 2.05) is 42.6 Å². The molecule has 0 radical (unpaired) electrons. The van der Waals surface area contributed by atoms with Gasteiger partial charge in [0.2, 0.25) is 5.91 Å². The van der Waals surface area contributed by atoms with E-state index in [4.69, 9.17) is 16.2 Å². The molecule has 3 heterocycles. The Morgan fingerprint density at radius 1 is 1.14 bits per heavy atom. The number of aromatic amines is 1. The number of ether oxygens (including phenoxy) is 1. The van der Waals surface area contributed by atoms with E-state index in [1.54, 1.807) is 12.1 Å². The maximum atomic E-state index is 12.3. The first kappa shape index (κ1) is 24.2. The largest absolute Gasteiger partial charge is 0.378 e. The van der Waals surface area contributed by atoms with Crippen LogP contribution in [0.2, 0.25) is 0 Å². The van der Waals surface area contributed by atoms with Gasteiger partial charge >= 0.3 is 0 Å². The second-order valence-electron chi connectivity index (χ2n) is 8.73. The Morgan fingerprint density at radius 2 is 1.95 bits per heavy atom. The number of carbonyl (C=O) groups excluding carboxylic acids is 2. The Kier molecular flexibility index (Phi) is 6.72. The quantitative estimate of drug-likeness (QED) is 0.289. The average molecular weight is 497 g/mol. The average Bonchev–Trinajstić information content (AvgIpc) is 3.38. The number of rotatable bonds is 7. The van der Waals surface area contributed by atoms with Crippen LogP contribution in [0, 0.1) is 0 Å². The van der Waals surface area contributed by atoms with Gasteiger partial charge in [-0.2, -0.15) is 0 Å². The number of H-pyrrole nitrogens is 1. The number of anilines is 2. The maximum absolute atomic E-state index is 12.3. The number of nitrogens with two attached hydrogens (primary N) is 2. The lowest BCUT2D eigenvalue weighted by Gasteiger charge is -2.27. The highest BCUT2D eigenvalue weighted by molar-refractivity contribution is 6.11. The molecule has 2 amide bonds. The van der Waals surface area contributed by atoms with Gasteiger partial charge in [0.05, 0.1) is 24.3 Å². The van der Waals surface area contributed by atoms with Gasteiger partial charge in [-0.1, -0.05) is 24.8 Å². The fourth-order valence-corrected chi connectivity index (χ4v) is 4.70. The lowest BCUT2D eigenvalue weighted by atomic mass is 9.93. The molecule has 1 fully saturated rings. The summed E-state index contributed by atoms with van der Waals surface area (Å²) in [6.07, 6.45) is 3.03. The highest BCUT2D eigenvalue weighted by Crippen LogP contribution is 2.37. The lowest BCUT2D eigenvalue weighted by molar-refractivity contribution is -0.111. The highest BCUT2D eigenvalue weighted by atomic mass is 16.5. The van der Waals surface area contributed by atoms with Gasteiger partial charge in [-0.25, -0.2) is 4.98 Å². The molecule has 37 heavy (non-hydrogen) atoms. The van der Waals surface area contributed by atoms with Crippen molar-refractivity contribution in [3.05, 3.63) is 78.5 Å². The third-order valence-electron chi connectivity index (χ3n) is 6.57. The van der Waals surface area contributed by atoms with Crippen molar-refractivity contribution in [2.45, 2.75) is 6.54 Å². The van der Waals surface area contributed by atoms with Gasteiger partial charge in [-0.15, -0.1) is 0 Å². The Morgan fingerprint density at radius 3 is 2.62 bits per heavy atom. The smallest absolute Gasteiger partial charge is 0.250 e. The first-order chi connectivity index (χ1) is 18.0. The van der Waals surface area contributed by atoms with Crippen LogP contribution in [0.4, 0.5) is 11.5 Å². The van der Waals surface area contributed by atoms with Gasteiger partial charge < -0.3 is 31.4 Å². The zero-order valence-electron chi connectivity index (χ0n) is 20.3. The van der Waals surface area contributed by atoms with Crippen molar-refractivity contribution in [2.24, 2.45) is 11.5 Å². The van der Waals surface area contributed by atoms with E-state index in [0.717, 1.165) is 52.2 Å². The van der Waals surface area contributed by atoms with Crippen LogP contribution in [-0.4, -0.2) is 48.1 Å². The Balaban J connectivity index is 1.61. The van der Waals surface area contributed by atoms with Crippen LogP contribution >= 0.6 is 0 Å². The number of hydrogen-bond donors (Lipinski definition) is 4. The molecule has 0 saturated carbocycles. The molecular weight excluding hydrogens is 468 g/mol. The molecule has 4 aromatic rings. The molecule has 9 heteroatoms. The van der Waals surface area contributed by atoms with E-state index in [-0.39, 0.29) is 12.5 Å². The van der Waals surface area contributed by atoms with E-state index in [0.29, 0.717) is 30.0 Å². The monoisotopic (exact) mass is 496 g/mol. The highest BCUT2D eigenvalue weighted by Gasteiger charge is 2.19. The van der Waals surface area contributed by atoms with Crippen molar-refractivity contribution >= 4 is 34.2 Å². The molecule has 2 aromatic heterocycles. The Hall–Kier alpha value is -4.47. The van der Waals surface area contributed by atoms with Crippen LogP contribution in [0.3, 0.4) is 0 Å². The van der Waals surface area contributed by atoms with Crippen LogP contribution in [0.5, 0.6) is 0 Å². The summed E-state index contributed by atoms with van der Waals surface area (Å²) in [5.74, 6) is 0.0439. The van der Waals surface area contributed by atoms with Crippen LogP contribution in [0.1, 0.15) is 15.9 Å². The topological polar surface area (TPSA) is 139 Å². The van der Waals surface area contributed by atoms with Crippen LogP contribution in [-0.2, 0) is 16.1 Å². The standard InChI is InChI=1S/C28H28N6O3/c1-2-26(35)32-23-5-3-4-18(22(23)15-29)19-7-8-20(28(30)36)27-21(19)14-24(33-27)17-6-9-25(31-16-17)34-10-12-37-13-11-34/h2-9,14,16,33H,1,10-13,15,29H2,(H2,30,36)(H,32,35). The molecule has 0 aliphatic carbocycles. The zero-order valence-corrected chi connectivity index (χ0v) is 20.3. The van der Waals surface area contributed by atoms with Gasteiger partial charge in [0.15, 0.2) is 0 Å². The van der Waals surface area contributed by atoms with Gasteiger partial charge in [0, 0.05) is 48.2 Å². The first-order valence-corrected chi connectivity index (χ1v) is 12.0. The second kappa shape index (κ2) is 10.3. The molecule has 1 aliphatic rings. The number of primary amides is 1. The number of amides is 2. The normalized spacial score (nSPS) is 13.5. The molecule has 6 N–H and O–H groups in total. The number of benzene rings is 2. The zero-order chi connectivity index (χ0) is 25.9. The van der Waals surface area contributed by atoms with Crippen LogP contribution in [0.15, 0.2) is 67.4 Å². The number of aromatic nitrogens is 2. The summed E-state index contributed by atoms with van der Waals surface area (Å²) in [6, 6.07) is 15.1. The molecular formula is C28H28N6O3. The predicted molar refractivity (Wildman–Crippen MR) is 145 cm³/mol. The summed E-state index contributed by atoms with van der Waals surface area (Å²) < 4.78 is 5.43. The predicted octanol–water partition coefficient (Wildman–Crippen LogP) is 3.42. The lowest BCUT2D eigenvalue weighted by Crippen LogP contribution is -2.36. The Labute approximate surface area is 214 Å². The van der Waals surface area contributed by atoms with Crippen molar-refractivity contribution in [1.82, 2.24) is 9.97 Å². The third-order valence-corrected chi connectivity index (χ3v) is 6.57. The summed E-state index contributed by atoms with van der Waals surface area (Å²) in [4.78, 5) is 34.5. The van der Waals surface area contributed by atoms with Crippen molar-refractivity contribution < 1.29 is 14.3 Å². The maximum Gasteiger partial charge on any atom is 0.250 e. The molecule has 1 saturated heterocycles. The van der Waals surface area contributed by atoms with Gasteiger partial charge in [0.25, 0.3) is 5.91 Å². The van der Waals surface area contributed by atoms with Crippen LogP contribution in [0.25, 0.3) is 33.3 Å². The number of pyridine rings is 1. The minimum Gasteiger partial charge on any atom is -0.378 e. The number of carbonyl (C=O) groups is 2. The summed E-state index contributed by atoms with van der Waals surface area (Å²) in [5, 5.41) is 3.63. The molecule has 188 valence electrons. The van der Waals surface area contributed by atoms with Crippen molar-refractivity contribution in [3.8, 4) is 22.4 Å². The fraction of sp³-hybridized carbons (Fsp3) is 0.179. The van der Waals surface area contributed by atoms with Crippen LogP contribution < -0.4 is 21.7 Å². The molecule has 0 unspecified atom stereocenters. The minimum atomic E-state index is -0.531. The molecule has 5 rings (SSSR count). The van der Waals surface area contributed by atoms with Crippen molar-refractivity contribution in [3.63, 3.8) is 0 Å². The number of hydrogen-bond acceptors (Lipinski definition) is 6. The molecule has 1 aliphatic heterocycles. The van der Waals surface area contributed by atoms with E-state index in [2.05, 4.69) is 26.8 Å². The number of morpholine rings is 1. The SMILES string of the molecule is C=CC(=O)Nc1cccc(-c2ccc(C(N)=O)c3[nH]c(-c4ccc(N5CCOCC5)nc4)cc23)c1CN. The summed E-state index contributed by atoms with van der Waals surface area (Å²) >= 11 is 0. The number of nitrogens with one attached hydrogen (secondary N) is 2. The minimum absolute atomic E-state index is 0.201. The van der Waals surface area contributed by atoms with Crippen molar-refractivity contribution in [1.29, 1.82) is 0 Å². The second-order valence-corrected chi connectivity index (χ2v) is 8.73.